The lowest BCUT2D eigenvalue weighted by Gasteiger charge is -2.14. The summed E-state index contributed by atoms with van der Waals surface area (Å²) in [5.41, 5.74) is 0.519. The molecule has 0 aliphatic heterocycles. The number of anilines is 1. The summed E-state index contributed by atoms with van der Waals surface area (Å²) in [7, 11) is -2.20. The van der Waals surface area contributed by atoms with E-state index in [-0.39, 0.29) is 17.0 Å². The van der Waals surface area contributed by atoms with Gasteiger partial charge in [0.25, 0.3) is 5.91 Å². The van der Waals surface area contributed by atoms with Crippen molar-refractivity contribution in [1.82, 2.24) is 4.72 Å². The standard InChI is InChI=1S/C19H22N2O6S/c1-4-20-28(24,25)17-10-5-7-14(11-17)19(23)27-13(2)18(22)21-15-8-6-9-16(12-15)26-3/h5-13,20H,4H2,1-3H3,(H,21,22). The Hall–Kier alpha value is -2.91. The molecule has 2 N–H and O–H groups in total. The first kappa shape index (κ1) is 21.4. The van der Waals surface area contributed by atoms with E-state index in [1.165, 1.54) is 38.3 Å². The molecule has 0 aromatic heterocycles. The van der Waals surface area contributed by atoms with E-state index in [4.69, 9.17) is 9.47 Å². The summed E-state index contributed by atoms with van der Waals surface area (Å²) in [4.78, 5) is 24.5. The largest absolute Gasteiger partial charge is 0.497 e. The van der Waals surface area contributed by atoms with Crippen molar-refractivity contribution in [3.63, 3.8) is 0 Å². The van der Waals surface area contributed by atoms with E-state index in [0.717, 1.165) is 0 Å². The van der Waals surface area contributed by atoms with Gasteiger partial charge in [0.05, 0.1) is 17.6 Å². The highest BCUT2D eigenvalue weighted by molar-refractivity contribution is 7.89. The minimum atomic E-state index is -3.71. The number of esters is 1. The Morgan fingerprint density at radius 1 is 1.11 bits per heavy atom. The van der Waals surface area contributed by atoms with Crippen molar-refractivity contribution in [1.29, 1.82) is 0 Å². The molecule has 0 saturated carbocycles. The molecule has 2 aromatic rings. The molecule has 0 aliphatic rings. The molecule has 1 atom stereocenters. The van der Waals surface area contributed by atoms with Gasteiger partial charge in [0.2, 0.25) is 10.0 Å². The molecule has 2 rings (SSSR count). The van der Waals surface area contributed by atoms with Crippen molar-refractivity contribution in [2.75, 3.05) is 19.0 Å². The monoisotopic (exact) mass is 406 g/mol. The maximum Gasteiger partial charge on any atom is 0.338 e. The van der Waals surface area contributed by atoms with Crippen molar-refractivity contribution in [3.05, 3.63) is 54.1 Å². The molecule has 150 valence electrons. The van der Waals surface area contributed by atoms with Crippen LogP contribution in [0, 0.1) is 0 Å². The van der Waals surface area contributed by atoms with E-state index in [1.807, 2.05) is 0 Å². The van der Waals surface area contributed by atoms with E-state index in [0.29, 0.717) is 11.4 Å². The van der Waals surface area contributed by atoms with Gasteiger partial charge in [-0.2, -0.15) is 0 Å². The summed E-state index contributed by atoms with van der Waals surface area (Å²) in [6, 6.07) is 12.2. The molecule has 0 spiro atoms. The highest BCUT2D eigenvalue weighted by atomic mass is 32.2. The highest BCUT2D eigenvalue weighted by Crippen LogP contribution is 2.17. The fourth-order valence-corrected chi connectivity index (χ4v) is 3.38. The predicted octanol–water partition coefficient (Wildman–Crippen LogP) is 2.18. The molecule has 9 heteroatoms. The molecule has 2 aromatic carbocycles. The molecule has 1 amide bonds. The van der Waals surface area contributed by atoms with Gasteiger partial charge in [0.15, 0.2) is 6.10 Å². The summed E-state index contributed by atoms with van der Waals surface area (Å²) in [6.45, 7) is 3.30. The number of methoxy groups -OCH3 is 1. The Morgan fingerprint density at radius 3 is 2.50 bits per heavy atom. The topological polar surface area (TPSA) is 111 Å². The van der Waals surface area contributed by atoms with Crippen LogP contribution in [0.2, 0.25) is 0 Å². The number of sulfonamides is 1. The Morgan fingerprint density at radius 2 is 1.82 bits per heavy atom. The highest BCUT2D eigenvalue weighted by Gasteiger charge is 2.21. The maximum absolute atomic E-state index is 12.3. The van der Waals surface area contributed by atoms with E-state index in [2.05, 4.69) is 10.0 Å². The van der Waals surface area contributed by atoms with Gasteiger partial charge in [-0.3, -0.25) is 4.79 Å². The Labute approximate surface area is 163 Å². The third kappa shape index (κ3) is 5.54. The number of carbonyl (C=O) groups is 2. The quantitative estimate of drug-likeness (QED) is 0.650. The summed E-state index contributed by atoms with van der Waals surface area (Å²) < 4.78 is 36.7. The van der Waals surface area contributed by atoms with Gasteiger partial charge >= 0.3 is 5.97 Å². The van der Waals surface area contributed by atoms with Crippen LogP contribution in [0.1, 0.15) is 24.2 Å². The predicted molar refractivity (Wildman–Crippen MR) is 104 cm³/mol. The van der Waals surface area contributed by atoms with E-state index in [1.54, 1.807) is 31.2 Å². The zero-order chi connectivity index (χ0) is 20.7. The van der Waals surface area contributed by atoms with Crippen LogP contribution in [-0.4, -0.2) is 40.1 Å². The Kier molecular flexibility index (Phi) is 7.13. The van der Waals surface area contributed by atoms with Crippen LogP contribution in [0.15, 0.2) is 53.4 Å². The first-order valence-electron chi connectivity index (χ1n) is 8.52. The molecule has 0 heterocycles. The minimum absolute atomic E-state index is 0.0278. The number of hydrogen-bond donors (Lipinski definition) is 2. The van der Waals surface area contributed by atoms with Gasteiger partial charge in [-0.25, -0.2) is 17.9 Å². The van der Waals surface area contributed by atoms with Gasteiger partial charge in [0, 0.05) is 18.3 Å². The number of rotatable bonds is 8. The van der Waals surface area contributed by atoms with Gasteiger partial charge in [-0.1, -0.05) is 19.1 Å². The number of nitrogens with one attached hydrogen (secondary N) is 2. The Balaban J connectivity index is 2.06. The first-order chi connectivity index (χ1) is 13.3. The molecule has 0 radical (unpaired) electrons. The lowest BCUT2D eigenvalue weighted by atomic mass is 10.2. The van der Waals surface area contributed by atoms with Crippen molar-refractivity contribution < 1.29 is 27.5 Å². The summed E-state index contributed by atoms with van der Waals surface area (Å²) >= 11 is 0. The van der Waals surface area contributed by atoms with E-state index in [9.17, 15) is 18.0 Å². The molecular formula is C19H22N2O6S. The van der Waals surface area contributed by atoms with Gasteiger partial charge < -0.3 is 14.8 Å². The maximum atomic E-state index is 12.3. The van der Waals surface area contributed by atoms with Gasteiger partial charge in [0.1, 0.15) is 5.75 Å². The third-order valence-corrected chi connectivity index (χ3v) is 5.25. The number of benzene rings is 2. The van der Waals surface area contributed by atoms with E-state index < -0.39 is 28.0 Å². The fourth-order valence-electron chi connectivity index (χ4n) is 2.29. The second kappa shape index (κ2) is 9.34. The average molecular weight is 406 g/mol. The number of amides is 1. The van der Waals surface area contributed by atoms with Crippen LogP contribution in [-0.2, 0) is 19.6 Å². The second-order valence-corrected chi connectivity index (χ2v) is 7.56. The van der Waals surface area contributed by atoms with Crippen molar-refractivity contribution in [2.24, 2.45) is 0 Å². The lowest BCUT2D eigenvalue weighted by Crippen LogP contribution is -2.30. The van der Waals surface area contributed by atoms with Crippen molar-refractivity contribution in [2.45, 2.75) is 24.8 Å². The fraction of sp³-hybridized carbons (Fsp3) is 0.263. The lowest BCUT2D eigenvalue weighted by molar-refractivity contribution is -0.123. The van der Waals surface area contributed by atoms with Crippen LogP contribution in [0.5, 0.6) is 5.75 Å². The number of carbonyl (C=O) groups excluding carboxylic acids is 2. The molecular weight excluding hydrogens is 384 g/mol. The van der Waals surface area contributed by atoms with Gasteiger partial charge in [-0.15, -0.1) is 0 Å². The van der Waals surface area contributed by atoms with Gasteiger partial charge in [-0.05, 0) is 37.3 Å². The minimum Gasteiger partial charge on any atom is -0.497 e. The van der Waals surface area contributed by atoms with Crippen molar-refractivity contribution in [3.8, 4) is 5.75 Å². The molecule has 1 unspecified atom stereocenters. The van der Waals surface area contributed by atoms with Crippen LogP contribution in [0.3, 0.4) is 0 Å². The van der Waals surface area contributed by atoms with Crippen LogP contribution in [0.25, 0.3) is 0 Å². The smallest absolute Gasteiger partial charge is 0.338 e. The molecule has 28 heavy (non-hydrogen) atoms. The number of hydrogen-bond acceptors (Lipinski definition) is 6. The molecule has 0 fully saturated rings. The van der Waals surface area contributed by atoms with E-state index >= 15 is 0 Å². The zero-order valence-electron chi connectivity index (χ0n) is 15.8. The average Bonchev–Trinajstić information content (AvgIpc) is 2.68. The normalized spacial score (nSPS) is 12.1. The first-order valence-corrected chi connectivity index (χ1v) is 10.0. The van der Waals surface area contributed by atoms with Crippen LogP contribution >= 0.6 is 0 Å². The summed E-state index contributed by atoms with van der Waals surface area (Å²) in [6.07, 6.45) is -1.09. The summed E-state index contributed by atoms with van der Waals surface area (Å²) in [5, 5.41) is 2.62. The SMILES string of the molecule is CCNS(=O)(=O)c1cccc(C(=O)OC(C)C(=O)Nc2cccc(OC)c2)c1. The zero-order valence-corrected chi connectivity index (χ0v) is 16.6. The second-order valence-electron chi connectivity index (χ2n) is 5.80. The number of ether oxygens (including phenoxy) is 2. The molecule has 0 saturated heterocycles. The molecule has 8 nitrogen and oxygen atoms in total. The van der Waals surface area contributed by atoms with Crippen molar-refractivity contribution >= 4 is 27.6 Å². The molecule has 0 aliphatic carbocycles. The van der Waals surface area contributed by atoms with Crippen LogP contribution < -0.4 is 14.8 Å². The van der Waals surface area contributed by atoms with Crippen LogP contribution in [0.4, 0.5) is 5.69 Å². The third-order valence-electron chi connectivity index (χ3n) is 3.70. The Bertz CT molecular complexity index is 958. The molecule has 0 bridgehead atoms. The summed E-state index contributed by atoms with van der Waals surface area (Å²) in [5.74, 6) is -0.763.